The molecule has 0 fully saturated rings. The van der Waals surface area contributed by atoms with Crippen LogP contribution < -0.4 is 10.9 Å². The second-order valence-electron chi connectivity index (χ2n) is 4.80. The Morgan fingerprint density at radius 1 is 1.24 bits per heavy atom. The summed E-state index contributed by atoms with van der Waals surface area (Å²) in [4.78, 5) is 20.8. The van der Waals surface area contributed by atoms with Gasteiger partial charge >= 0.3 is 0 Å². The Morgan fingerprint density at radius 2 is 1.95 bits per heavy atom. The van der Waals surface area contributed by atoms with Crippen molar-refractivity contribution in [3.63, 3.8) is 0 Å². The Bertz CT molecular complexity index is 592. The molecule has 1 aromatic heterocycles. The van der Waals surface area contributed by atoms with Gasteiger partial charge in [0.1, 0.15) is 0 Å². The van der Waals surface area contributed by atoms with Gasteiger partial charge in [-0.2, -0.15) is 0 Å². The average molecular weight is 286 g/mol. The number of hydrogen-bond acceptors (Lipinski definition) is 4. The molecule has 0 amide bonds. The fourth-order valence-corrected chi connectivity index (χ4v) is 2.47. The highest BCUT2D eigenvalue weighted by Gasteiger charge is 2.18. The largest absolute Gasteiger partial charge is 0.364 e. The van der Waals surface area contributed by atoms with Crippen LogP contribution in [0.5, 0.6) is 0 Å². The van der Waals surface area contributed by atoms with E-state index < -0.39 is 0 Å². The molecule has 1 atom stereocenters. The lowest BCUT2D eigenvalue weighted by atomic mass is 10.1. The summed E-state index contributed by atoms with van der Waals surface area (Å²) in [7, 11) is 0. The third-order valence-corrected chi connectivity index (χ3v) is 3.61. The first-order valence-corrected chi connectivity index (χ1v) is 7.32. The first kappa shape index (κ1) is 15.3. The smallest absolute Gasteiger partial charge is 0.290 e. The monoisotopic (exact) mass is 286 g/mol. The van der Waals surface area contributed by atoms with Crippen LogP contribution in [-0.2, 0) is 0 Å². The number of benzene rings is 1. The maximum absolute atomic E-state index is 11.7. The summed E-state index contributed by atoms with van der Waals surface area (Å²) in [5.74, 6) is 0.366. The van der Waals surface area contributed by atoms with E-state index in [1.165, 1.54) is 11.8 Å². The Balaban J connectivity index is 2.17. The minimum atomic E-state index is -0.191. The molecular weight excluding hydrogens is 264 g/mol. The van der Waals surface area contributed by atoms with Crippen molar-refractivity contribution >= 4 is 5.82 Å². The van der Waals surface area contributed by atoms with Gasteiger partial charge in [-0.15, -0.1) is 0 Å². The van der Waals surface area contributed by atoms with Gasteiger partial charge in [0, 0.05) is 18.9 Å². The number of aromatic nitrogens is 2. The maximum atomic E-state index is 11.7. The first-order chi connectivity index (χ1) is 10.3. The molecule has 0 spiro atoms. The van der Waals surface area contributed by atoms with Crippen LogP contribution in [0, 0.1) is 0 Å². The summed E-state index contributed by atoms with van der Waals surface area (Å²) in [5, 5.41) is 3.16. The van der Waals surface area contributed by atoms with Crippen LogP contribution in [0.25, 0.3) is 0 Å². The van der Waals surface area contributed by atoms with Crippen molar-refractivity contribution in [1.29, 1.82) is 0 Å². The molecule has 1 aromatic carbocycles. The lowest BCUT2D eigenvalue weighted by molar-refractivity contribution is 0.228. The van der Waals surface area contributed by atoms with Crippen molar-refractivity contribution in [2.24, 2.45) is 0 Å². The summed E-state index contributed by atoms with van der Waals surface area (Å²) >= 11 is 0. The van der Waals surface area contributed by atoms with Crippen molar-refractivity contribution in [1.82, 2.24) is 14.9 Å². The summed E-state index contributed by atoms with van der Waals surface area (Å²) in [5.41, 5.74) is 1.05. The minimum Gasteiger partial charge on any atom is -0.364 e. The molecule has 2 aromatic rings. The summed E-state index contributed by atoms with van der Waals surface area (Å²) in [6.07, 6.45) is 3.12. The van der Waals surface area contributed by atoms with E-state index >= 15 is 0 Å². The van der Waals surface area contributed by atoms with Crippen molar-refractivity contribution in [2.45, 2.75) is 19.9 Å². The number of hydrogen-bond donors (Lipinski definition) is 2. The van der Waals surface area contributed by atoms with Gasteiger partial charge in [-0.1, -0.05) is 44.2 Å². The third-order valence-electron chi connectivity index (χ3n) is 3.61. The molecule has 2 N–H and O–H groups in total. The zero-order chi connectivity index (χ0) is 15.1. The third kappa shape index (κ3) is 3.92. The molecule has 0 aliphatic heterocycles. The zero-order valence-corrected chi connectivity index (χ0v) is 12.5. The van der Waals surface area contributed by atoms with Gasteiger partial charge in [0.15, 0.2) is 5.82 Å². The Labute approximate surface area is 125 Å². The molecule has 21 heavy (non-hydrogen) atoms. The molecule has 0 bridgehead atoms. The molecule has 5 heteroatoms. The quantitative estimate of drug-likeness (QED) is 0.819. The SMILES string of the molecule is CCN(CC)C(CNc1ncc[nH]c1=O)c1ccccc1. The molecule has 1 unspecified atom stereocenters. The number of nitrogens with one attached hydrogen (secondary N) is 2. The fraction of sp³-hybridized carbons (Fsp3) is 0.375. The standard InChI is InChI=1S/C16H22N4O/c1-3-20(4-2)14(13-8-6-5-7-9-13)12-19-15-16(21)18-11-10-17-15/h5-11,14H,3-4,12H2,1-2H3,(H,17,19)(H,18,21). The van der Waals surface area contributed by atoms with E-state index in [0.717, 1.165) is 13.1 Å². The molecule has 1 heterocycles. The van der Waals surface area contributed by atoms with E-state index in [2.05, 4.69) is 46.2 Å². The topological polar surface area (TPSA) is 61.0 Å². The first-order valence-electron chi connectivity index (χ1n) is 7.32. The number of anilines is 1. The van der Waals surface area contributed by atoms with Crippen LogP contribution in [0.15, 0.2) is 47.5 Å². The summed E-state index contributed by atoms with van der Waals surface area (Å²) in [6.45, 7) is 6.85. The van der Waals surface area contributed by atoms with E-state index in [9.17, 15) is 4.79 Å². The van der Waals surface area contributed by atoms with Crippen molar-refractivity contribution in [3.8, 4) is 0 Å². The van der Waals surface area contributed by atoms with Crippen LogP contribution in [0.4, 0.5) is 5.82 Å². The lowest BCUT2D eigenvalue weighted by Gasteiger charge is -2.30. The van der Waals surface area contributed by atoms with E-state index in [0.29, 0.717) is 12.4 Å². The van der Waals surface area contributed by atoms with Crippen LogP contribution >= 0.6 is 0 Å². The highest BCUT2D eigenvalue weighted by atomic mass is 16.1. The Hall–Kier alpha value is -2.14. The highest BCUT2D eigenvalue weighted by molar-refractivity contribution is 5.31. The van der Waals surface area contributed by atoms with Gasteiger partial charge in [-0.25, -0.2) is 4.98 Å². The maximum Gasteiger partial charge on any atom is 0.290 e. The number of aromatic amines is 1. The summed E-state index contributed by atoms with van der Waals surface area (Å²) in [6, 6.07) is 10.5. The van der Waals surface area contributed by atoms with Crippen molar-refractivity contribution in [2.75, 3.05) is 25.0 Å². The van der Waals surface area contributed by atoms with E-state index in [4.69, 9.17) is 0 Å². The molecule has 0 saturated heterocycles. The van der Waals surface area contributed by atoms with Gasteiger partial charge < -0.3 is 10.3 Å². The normalized spacial score (nSPS) is 12.3. The van der Waals surface area contributed by atoms with Gasteiger partial charge in [0.2, 0.25) is 0 Å². The van der Waals surface area contributed by atoms with Crippen molar-refractivity contribution in [3.05, 3.63) is 58.6 Å². The fourth-order valence-electron chi connectivity index (χ4n) is 2.47. The van der Waals surface area contributed by atoms with E-state index in [1.807, 2.05) is 18.2 Å². The second kappa shape index (κ2) is 7.59. The van der Waals surface area contributed by atoms with Gasteiger partial charge in [0.25, 0.3) is 5.56 Å². The second-order valence-corrected chi connectivity index (χ2v) is 4.80. The molecule has 0 aliphatic rings. The molecular formula is C16H22N4O. The molecule has 5 nitrogen and oxygen atoms in total. The summed E-state index contributed by atoms with van der Waals surface area (Å²) < 4.78 is 0. The van der Waals surface area contributed by atoms with Crippen LogP contribution in [0.3, 0.4) is 0 Å². The van der Waals surface area contributed by atoms with Crippen LogP contribution in [0.2, 0.25) is 0 Å². The lowest BCUT2D eigenvalue weighted by Crippen LogP contribution is -2.34. The predicted octanol–water partition coefficient (Wildman–Crippen LogP) is 2.26. The van der Waals surface area contributed by atoms with Gasteiger partial charge in [-0.3, -0.25) is 9.69 Å². The van der Waals surface area contributed by atoms with Gasteiger partial charge in [-0.05, 0) is 18.7 Å². The molecule has 0 saturated carbocycles. The number of H-pyrrole nitrogens is 1. The van der Waals surface area contributed by atoms with Crippen LogP contribution in [-0.4, -0.2) is 34.5 Å². The number of nitrogens with zero attached hydrogens (tertiary/aromatic N) is 2. The number of rotatable bonds is 7. The predicted molar refractivity (Wildman–Crippen MR) is 85.5 cm³/mol. The van der Waals surface area contributed by atoms with E-state index in [1.54, 1.807) is 6.20 Å². The Kier molecular flexibility index (Phi) is 5.51. The zero-order valence-electron chi connectivity index (χ0n) is 12.5. The molecule has 112 valence electrons. The van der Waals surface area contributed by atoms with Gasteiger partial charge in [0.05, 0.1) is 6.04 Å². The van der Waals surface area contributed by atoms with Crippen molar-refractivity contribution < 1.29 is 0 Å². The molecule has 0 aliphatic carbocycles. The highest BCUT2D eigenvalue weighted by Crippen LogP contribution is 2.20. The molecule has 2 rings (SSSR count). The number of likely N-dealkylation sites (N-methyl/N-ethyl adjacent to an activating group) is 1. The Morgan fingerprint density at radius 3 is 2.57 bits per heavy atom. The minimum absolute atomic E-state index is 0.191. The van der Waals surface area contributed by atoms with Crippen LogP contribution in [0.1, 0.15) is 25.5 Å². The average Bonchev–Trinajstić information content (AvgIpc) is 2.54. The van der Waals surface area contributed by atoms with E-state index in [-0.39, 0.29) is 11.6 Å². The molecule has 0 radical (unpaired) electrons.